The zero-order valence-electron chi connectivity index (χ0n) is 14.9. The normalized spacial score (nSPS) is 15.7. The highest BCUT2D eigenvalue weighted by Gasteiger charge is 2.33. The monoisotopic (exact) mass is 398 g/mol. The summed E-state index contributed by atoms with van der Waals surface area (Å²) in [6.07, 6.45) is 3.35. The number of rotatable bonds is 6. The van der Waals surface area contributed by atoms with Gasteiger partial charge in [-0.15, -0.1) is 0 Å². The van der Waals surface area contributed by atoms with Crippen molar-refractivity contribution >= 4 is 27.9 Å². The van der Waals surface area contributed by atoms with Crippen molar-refractivity contribution < 1.29 is 27.5 Å². The van der Waals surface area contributed by atoms with Gasteiger partial charge in [0, 0.05) is 32.0 Å². The number of carbonyl (C=O) groups excluding carboxylic acids is 3. The summed E-state index contributed by atoms with van der Waals surface area (Å²) in [6, 6.07) is 2.35. The number of aromatic nitrogens is 1. The van der Waals surface area contributed by atoms with Crippen LogP contribution in [0.5, 0.6) is 0 Å². The number of ether oxygens (including phenoxy) is 1. The molecule has 0 aliphatic carbocycles. The summed E-state index contributed by atoms with van der Waals surface area (Å²) in [6.45, 7) is 1.83. The summed E-state index contributed by atoms with van der Waals surface area (Å²) in [7, 11) is -3.65. The van der Waals surface area contributed by atoms with Crippen molar-refractivity contribution in [2.45, 2.75) is 24.7 Å². The predicted molar refractivity (Wildman–Crippen MR) is 93.9 cm³/mol. The molecule has 148 valence electrons. The SMILES string of the molecule is CCNC(=O)NC(=O)COC(=O)C1CCN(S(=O)(=O)c2cccnc2)CC1. The Labute approximate surface area is 157 Å². The van der Waals surface area contributed by atoms with Crippen molar-refractivity contribution in [3.63, 3.8) is 0 Å². The third kappa shape index (κ3) is 5.73. The Morgan fingerprint density at radius 2 is 2.00 bits per heavy atom. The van der Waals surface area contributed by atoms with Crippen molar-refractivity contribution in [3.8, 4) is 0 Å². The zero-order chi connectivity index (χ0) is 19.9. The number of nitrogens with zero attached hydrogens (tertiary/aromatic N) is 2. The van der Waals surface area contributed by atoms with Crippen LogP contribution in [0.15, 0.2) is 29.4 Å². The van der Waals surface area contributed by atoms with E-state index in [1.54, 1.807) is 13.0 Å². The molecule has 0 aromatic carbocycles. The molecule has 2 N–H and O–H groups in total. The zero-order valence-corrected chi connectivity index (χ0v) is 15.7. The third-order valence-electron chi connectivity index (χ3n) is 4.00. The Balaban J connectivity index is 1.80. The summed E-state index contributed by atoms with van der Waals surface area (Å²) >= 11 is 0. The van der Waals surface area contributed by atoms with Crippen molar-refractivity contribution in [1.29, 1.82) is 0 Å². The van der Waals surface area contributed by atoms with E-state index in [9.17, 15) is 22.8 Å². The van der Waals surface area contributed by atoms with Crippen LogP contribution < -0.4 is 10.6 Å². The van der Waals surface area contributed by atoms with Crippen LogP contribution in [0.1, 0.15) is 19.8 Å². The molecule has 27 heavy (non-hydrogen) atoms. The van der Waals surface area contributed by atoms with Crippen molar-refractivity contribution in [2.75, 3.05) is 26.2 Å². The van der Waals surface area contributed by atoms with Gasteiger partial charge in [-0.3, -0.25) is 19.9 Å². The minimum absolute atomic E-state index is 0.105. The highest BCUT2D eigenvalue weighted by Crippen LogP contribution is 2.24. The standard InChI is InChI=1S/C16H22N4O6S/c1-2-18-16(23)19-14(21)11-26-15(22)12-5-8-20(9-6-12)27(24,25)13-4-3-7-17-10-13/h3-4,7,10,12H,2,5-6,8-9,11H2,1H3,(H2,18,19,21,23). The van der Waals surface area contributed by atoms with E-state index in [4.69, 9.17) is 4.74 Å². The molecule has 1 saturated heterocycles. The van der Waals surface area contributed by atoms with Gasteiger partial charge in [-0.2, -0.15) is 4.31 Å². The third-order valence-corrected chi connectivity index (χ3v) is 5.88. The van der Waals surface area contributed by atoms with E-state index in [0.29, 0.717) is 6.54 Å². The van der Waals surface area contributed by atoms with Gasteiger partial charge in [0.05, 0.1) is 5.92 Å². The van der Waals surface area contributed by atoms with E-state index in [0.717, 1.165) is 0 Å². The summed E-state index contributed by atoms with van der Waals surface area (Å²) in [5.74, 6) is -1.81. The fourth-order valence-electron chi connectivity index (χ4n) is 2.60. The number of carbonyl (C=O) groups is 3. The van der Waals surface area contributed by atoms with Crippen molar-refractivity contribution in [1.82, 2.24) is 19.9 Å². The van der Waals surface area contributed by atoms with Crippen LogP contribution in [0, 0.1) is 5.92 Å². The molecule has 1 aliphatic heterocycles. The first kappa shape index (κ1) is 20.8. The molecular formula is C16H22N4O6S. The topological polar surface area (TPSA) is 135 Å². The lowest BCUT2D eigenvalue weighted by molar-refractivity contribution is -0.153. The van der Waals surface area contributed by atoms with Crippen molar-refractivity contribution in [2.24, 2.45) is 5.92 Å². The Morgan fingerprint density at radius 1 is 1.30 bits per heavy atom. The van der Waals surface area contributed by atoms with E-state index in [2.05, 4.69) is 10.3 Å². The number of urea groups is 1. The van der Waals surface area contributed by atoms with Gasteiger partial charge >= 0.3 is 12.0 Å². The van der Waals surface area contributed by atoms with Gasteiger partial charge in [-0.05, 0) is 31.9 Å². The molecule has 11 heteroatoms. The van der Waals surface area contributed by atoms with Gasteiger partial charge in [0.2, 0.25) is 10.0 Å². The van der Waals surface area contributed by atoms with Crippen LogP contribution in [0.25, 0.3) is 0 Å². The lowest BCUT2D eigenvalue weighted by Gasteiger charge is -2.29. The molecule has 0 unspecified atom stereocenters. The number of amides is 3. The number of hydrogen-bond acceptors (Lipinski definition) is 7. The fourth-order valence-corrected chi connectivity index (χ4v) is 4.04. The van der Waals surface area contributed by atoms with Crippen molar-refractivity contribution in [3.05, 3.63) is 24.5 Å². The summed E-state index contributed by atoms with van der Waals surface area (Å²) in [5.41, 5.74) is 0. The van der Waals surface area contributed by atoms with E-state index in [1.807, 2.05) is 5.32 Å². The summed E-state index contributed by atoms with van der Waals surface area (Å²) in [4.78, 5) is 38.7. The molecule has 0 bridgehead atoms. The highest BCUT2D eigenvalue weighted by molar-refractivity contribution is 7.89. The van der Waals surface area contributed by atoms with Crippen LogP contribution in [0.2, 0.25) is 0 Å². The first-order valence-corrected chi connectivity index (χ1v) is 9.93. The Kier molecular flexibility index (Phi) is 7.25. The molecule has 2 rings (SSSR count). The maximum atomic E-state index is 12.5. The lowest BCUT2D eigenvalue weighted by atomic mass is 9.98. The smallest absolute Gasteiger partial charge is 0.321 e. The van der Waals surface area contributed by atoms with E-state index < -0.39 is 40.5 Å². The number of imide groups is 1. The van der Waals surface area contributed by atoms with Crippen LogP contribution in [-0.4, -0.2) is 61.9 Å². The number of esters is 1. The Bertz CT molecular complexity index is 775. The molecule has 0 radical (unpaired) electrons. The summed E-state index contributed by atoms with van der Waals surface area (Å²) in [5, 5.41) is 4.41. The summed E-state index contributed by atoms with van der Waals surface area (Å²) < 4.78 is 31.2. The lowest BCUT2D eigenvalue weighted by Crippen LogP contribution is -2.43. The molecular weight excluding hydrogens is 376 g/mol. The molecule has 1 aromatic rings. The molecule has 10 nitrogen and oxygen atoms in total. The number of sulfonamides is 1. The minimum atomic E-state index is -3.65. The Hall–Kier alpha value is -2.53. The van der Waals surface area contributed by atoms with Crippen LogP contribution >= 0.6 is 0 Å². The fraction of sp³-hybridized carbons (Fsp3) is 0.500. The quantitative estimate of drug-likeness (QED) is 0.637. The second-order valence-corrected chi connectivity index (χ2v) is 7.82. The number of piperidine rings is 1. The minimum Gasteiger partial charge on any atom is -0.455 e. The second-order valence-electron chi connectivity index (χ2n) is 5.88. The van der Waals surface area contributed by atoms with Gasteiger partial charge < -0.3 is 10.1 Å². The first-order valence-electron chi connectivity index (χ1n) is 8.49. The maximum absolute atomic E-state index is 12.5. The average Bonchev–Trinajstić information content (AvgIpc) is 2.67. The van der Waals surface area contributed by atoms with E-state index >= 15 is 0 Å². The van der Waals surface area contributed by atoms with Gasteiger partial charge in [0.25, 0.3) is 5.91 Å². The largest absolute Gasteiger partial charge is 0.455 e. The highest BCUT2D eigenvalue weighted by atomic mass is 32.2. The first-order chi connectivity index (χ1) is 12.8. The molecule has 0 spiro atoms. The van der Waals surface area contributed by atoms with Gasteiger partial charge in [-0.1, -0.05) is 0 Å². The predicted octanol–water partition coefficient (Wildman–Crippen LogP) is -0.129. The molecule has 0 saturated carbocycles. The maximum Gasteiger partial charge on any atom is 0.321 e. The van der Waals surface area contributed by atoms with Gasteiger partial charge in [-0.25, -0.2) is 13.2 Å². The Morgan fingerprint density at radius 3 is 2.59 bits per heavy atom. The van der Waals surface area contributed by atoms with Gasteiger partial charge in [0.15, 0.2) is 6.61 Å². The molecule has 1 aromatic heterocycles. The average molecular weight is 398 g/mol. The molecule has 1 fully saturated rings. The number of pyridine rings is 1. The van der Waals surface area contributed by atoms with E-state index in [1.165, 1.54) is 22.8 Å². The second kappa shape index (κ2) is 9.42. The van der Waals surface area contributed by atoms with E-state index in [-0.39, 0.29) is 30.8 Å². The molecule has 3 amide bonds. The van der Waals surface area contributed by atoms with Crippen LogP contribution in [-0.2, 0) is 24.3 Å². The number of nitrogens with one attached hydrogen (secondary N) is 2. The van der Waals surface area contributed by atoms with Crippen LogP contribution in [0.4, 0.5) is 4.79 Å². The molecule has 0 atom stereocenters. The van der Waals surface area contributed by atoms with Crippen LogP contribution in [0.3, 0.4) is 0 Å². The molecule has 1 aliphatic rings. The molecule has 2 heterocycles. The number of hydrogen-bond donors (Lipinski definition) is 2. The van der Waals surface area contributed by atoms with Gasteiger partial charge in [0.1, 0.15) is 4.90 Å².